The fourth-order valence-electron chi connectivity index (χ4n) is 4.59. The summed E-state index contributed by atoms with van der Waals surface area (Å²) in [5, 5.41) is 15.9. The van der Waals surface area contributed by atoms with Crippen molar-refractivity contribution in [3.63, 3.8) is 0 Å². The molecule has 2 aromatic carbocycles. The van der Waals surface area contributed by atoms with Crippen LogP contribution in [0.3, 0.4) is 0 Å². The van der Waals surface area contributed by atoms with E-state index in [0.29, 0.717) is 19.6 Å². The third-order valence-corrected chi connectivity index (χ3v) is 9.82. The summed E-state index contributed by atoms with van der Waals surface area (Å²) in [4.78, 5) is 40.1. The summed E-state index contributed by atoms with van der Waals surface area (Å²) in [6.45, 7) is 2.74. The molecule has 0 radical (unpaired) electrons. The highest BCUT2D eigenvalue weighted by atomic mass is 32.2. The van der Waals surface area contributed by atoms with Crippen LogP contribution in [0.4, 0.5) is 26.3 Å². The van der Waals surface area contributed by atoms with Crippen LogP contribution in [0.5, 0.6) is 0 Å². The molecule has 1 amide bonds. The van der Waals surface area contributed by atoms with Gasteiger partial charge in [-0.25, -0.2) is 36.8 Å². The number of fused-ring (bicyclic) bond motifs is 1. The predicted octanol–water partition coefficient (Wildman–Crippen LogP) is 2.69. The zero-order valence-corrected chi connectivity index (χ0v) is 25.9. The lowest BCUT2D eigenvalue weighted by Gasteiger charge is -2.38. The number of aliphatic carboxylic acids is 1. The van der Waals surface area contributed by atoms with Gasteiger partial charge >= 0.3 is 12.1 Å². The van der Waals surface area contributed by atoms with Crippen molar-refractivity contribution in [2.75, 3.05) is 33.0 Å². The Morgan fingerprint density at radius 1 is 1.09 bits per heavy atom. The second-order valence-corrected chi connectivity index (χ2v) is 13.3. The molecule has 0 aliphatic carbocycles. The smallest absolute Gasteiger partial charge is 0.475 e. The van der Waals surface area contributed by atoms with Crippen molar-refractivity contribution in [1.29, 1.82) is 0 Å². The Kier molecular flexibility index (Phi) is 11.4. The van der Waals surface area contributed by atoms with Gasteiger partial charge in [0.25, 0.3) is 11.5 Å². The number of hydrogen-bond donors (Lipinski definition) is 3. The van der Waals surface area contributed by atoms with E-state index in [0.717, 1.165) is 36.2 Å². The molecule has 0 saturated carbocycles. The number of aryl methyl sites for hydroxylation is 1. The molecule has 1 fully saturated rings. The lowest BCUT2D eigenvalue weighted by atomic mass is 9.99. The Bertz CT molecular complexity index is 1830. The van der Waals surface area contributed by atoms with Crippen LogP contribution in [0.2, 0.25) is 0 Å². The van der Waals surface area contributed by atoms with Gasteiger partial charge in [0.05, 0.1) is 23.3 Å². The van der Waals surface area contributed by atoms with Gasteiger partial charge in [-0.2, -0.15) is 13.2 Å². The predicted molar refractivity (Wildman–Crippen MR) is 154 cm³/mol. The number of ether oxygens (including phenoxy) is 1. The Hall–Kier alpha value is -4.07. The van der Waals surface area contributed by atoms with Gasteiger partial charge in [0.1, 0.15) is 5.82 Å². The zero-order chi connectivity index (χ0) is 35.5. The topological polar surface area (TPSA) is 168 Å². The third kappa shape index (κ3) is 8.27. The molecule has 258 valence electrons. The number of amides is 1. The number of carbonyl (C=O) groups is 2. The molecule has 1 aliphatic heterocycles. The van der Waals surface area contributed by atoms with E-state index in [4.69, 9.17) is 19.8 Å². The molecule has 0 spiro atoms. The molecule has 3 aromatic rings. The highest BCUT2D eigenvalue weighted by Gasteiger charge is 2.43. The van der Waals surface area contributed by atoms with Gasteiger partial charge in [-0.05, 0) is 37.5 Å². The molecule has 1 aromatic heterocycles. The van der Waals surface area contributed by atoms with E-state index in [2.05, 4.69) is 4.98 Å². The fourth-order valence-corrected chi connectivity index (χ4v) is 5.43. The van der Waals surface area contributed by atoms with Crippen LogP contribution in [0.15, 0.2) is 35.4 Å². The number of alkyl halides is 3. The van der Waals surface area contributed by atoms with Gasteiger partial charge in [-0.1, -0.05) is 12.1 Å². The van der Waals surface area contributed by atoms with Crippen molar-refractivity contribution in [2.24, 2.45) is 0 Å². The second-order valence-electron chi connectivity index (χ2n) is 10.9. The lowest BCUT2D eigenvalue weighted by molar-refractivity contribution is -0.192. The Labute approximate surface area is 263 Å². The maximum atomic E-state index is 15.1. The average Bonchev–Trinajstić information content (AvgIpc) is 2.97. The zero-order valence-electron chi connectivity index (χ0n) is 25.1. The third-order valence-electron chi connectivity index (χ3n) is 7.79. The van der Waals surface area contributed by atoms with Crippen LogP contribution in [0, 0.1) is 17.5 Å². The fraction of sp³-hybridized carbons (Fsp3) is 0.429. The van der Waals surface area contributed by atoms with Crippen molar-refractivity contribution in [3.05, 3.63) is 64.0 Å². The SMILES string of the molecule is COC1CN(CCc2ccc(-c3cc4ncn(CC[C@](C)(C(=O)NO)S(C)(=O)=O)c(=O)c4cc3F)c(F)c2F)C1.O=C(O)C(F)(F)F. The number of nitrogens with one attached hydrogen (secondary N) is 1. The molecule has 19 heteroatoms. The van der Waals surface area contributed by atoms with E-state index in [1.807, 2.05) is 4.90 Å². The standard InChI is InChI=1S/C26H29F3N4O6S.C2HF3O2/c1-26(25(35)31-36,40(3,37)38)7-9-33-14-30-21-11-18(20(27)10-19(21)24(33)34)17-5-4-15(22(28)23(17)29)6-8-32-12-16(13-32)39-2;3-2(4,5)1(6)7/h4-5,10-11,14,16,36H,6-9,12-13H2,1-3H3,(H,31,35);(H,6,7)/t26-;/m1./s1. The molecule has 1 aliphatic rings. The first-order valence-corrected chi connectivity index (χ1v) is 15.5. The molecule has 4 rings (SSSR count). The number of nitrogens with zero attached hydrogens (tertiary/aromatic N) is 3. The molecule has 2 heterocycles. The number of rotatable bonds is 10. The summed E-state index contributed by atoms with van der Waals surface area (Å²) < 4.78 is 105. The first-order chi connectivity index (χ1) is 21.7. The minimum Gasteiger partial charge on any atom is -0.475 e. The first-order valence-electron chi connectivity index (χ1n) is 13.6. The first kappa shape index (κ1) is 37.4. The van der Waals surface area contributed by atoms with E-state index in [9.17, 15) is 35.6 Å². The van der Waals surface area contributed by atoms with Crippen LogP contribution in [0.25, 0.3) is 22.0 Å². The number of hydrogen-bond acceptors (Lipinski definition) is 9. The number of carbonyl (C=O) groups excluding carboxylic acids is 1. The van der Waals surface area contributed by atoms with Crippen molar-refractivity contribution in [1.82, 2.24) is 19.9 Å². The number of carboxylic acids is 1. The largest absolute Gasteiger partial charge is 0.490 e. The summed E-state index contributed by atoms with van der Waals surface area (Å²) in [6.07, 6.45) is -3.18. The van der Waals surface area contributed by atoms with Gasteiger partial charge in [0.2, 0.25) is 0 Å². The molecule has 1 atom stereocenters. The Balaban J connectivity index is 0.000000771. The van der Waals surface area contributed by atoms with Crippen molar-refractivity contribution >= 4 is 32.6 Å². The van der Waals surface area contributed by atoms with E-state index >= 15 is 8.78 Å². The van der Waals surface area contributed by atoms with Crippen LogP contribution in [0.1, 0.15) is 18.9 Å². The number of hydroxylamine groups is 1. The summed E-state index contributed by atoms with van der Waals surface area (Å²) in [5.41, 5.74) is 0.135. The maximum Gasteiger partial charge on any atom is 0.490 e. The maximum absolute atomic E-state index is 15.1. The van der Waals surface area contributed by atoms with Crippen molar-refractivity contribution in [3.8, 4) is 11.1 Å². The van der Waals surface area contributed by atoms with Gasteiger partial charge in [-0.3, -0.25) is 24.3 Å². The van der Waals surface area contributed by atoms with E-state index in [1.165, 1.54) is 17.6 Å². The minimum absolute atomic E-state index is 0.00555. The van der Waals surface area contributed by atoms with Gasteiger partial charge in [-0.15, -0.1) is 0 Å². The summed E-state index contributed by atoms with van der Waals surface area (Å²) in [7, 11) is -2.39. The van der Waals surface area contributed by atoms with Crippen LogP contribution >= 0.6 is 0 Å². The van der Waals surface area contributed by atoms with E-state index in [1.54, 1.807) is 7.11 Å². The number of benzene rings is 2. The number of sulfone groups is 1. The minimum atomic E-state index is -5.08. The van der Waals surface area contributed by atoms with Gasteiger partial charge < -0.3 is 9.84 Å². The average molecular weight is 697 g/mol. The Morgan fingerprint density at radius 2 is 1.70 bits per heavy atom. The highest BCUT2D eigenvalue weighted by molar-refractivity contribution is 7.92. The second kappa shape index (κ2) is 14.4. The molecule has 0 bridgehead atoms. The molecular weight excluding hydrogens is 666 g/mol. The van der Waals surface area contributed by atoms with Gasteiger partial charge in [0, 0.05) is 50.7 Å². The normalized spacial score (nSPS) is 15.4. The van der Waals surface area contributed by atoms with Crippen LogP contribution in [-0.4, -0.2) is 95.1 Å². The van der Waals surface area contributed by atoms with Crippen molar-refractivity contribution < 1.29 is 59.4 Å². The highest BCUT2D eigenvalue weighted by Crippen LogP contribution is 2.31. The molecule has 47 heavy (non-hydrogen) atoms. The van der Waals surface area contributed by atoms with Crippen molar-refractivity contribution in [2.45, 2.75) is 43.3 Å². The quantitative estimate of drug-likeness (QED) is 0.163. The molecule has 0 unspecified atom stereocenters. The molecule has 3 N–H and O–H groups in total. The molecule has 1 saturated heterocycles. The van der Waals surface area contributed by atoms with E-state index < -0.39 is 62.1 Å². The monoisotopic (exact) mass is 696 g/mol. The summed E-state index contributed by atoms with van der Waals surface area (Å²) in [5.74, 6) is -7.21. The van der Waals surface area contributed by atoms with Gasteiger partial charge in [0.15, 0.2) is 26.2 Å². The number of methoxy groups -OCH3 is 1. The number of halogens is 6. The number of likely N-dealkylation sites (tertiary alicyclic amines) is 1. The Morgan fingerprint density at radius 3 is 2.23 bits per heavy atom. The summed E-state index contributed by atoms with van der Waals surface area (Å²) in [6, 6.07) is 4.68. The molecular formula is C28H30F6N4O8S. The number of aromatic nitrogens is 2. The summed E-state index contributed by atoms with van der Waals surface area (Å²) >= 11 is 0. The van der Waals surface area contributed by atoms with Crippen LogP contribution in [-0.2, 0) is 37.1 Å². The number of carboxylic acid groups (broad SMARTS) is 1. The van der Waals surface area contributed by atoms with E-state index in [-0.39, 0.29) is 46.7 Å². The van der Waals surface area contributed by atoms with Crippen LogP contribution < -0.4 is 11.0 Å². The lowest BCUT2D eigenvalue weighted by Crippen LogP contribution is -2.52. The molecule has 12 nitrogen and oxygen atoms in total.